The first-order valence-corrected chi connectivity index (χ1v) is 8.32. The molecular weight excluding hydrogens is 314 g/mol. The highest BCUT2D eigenvalue weighted by molar-refractivity contribution is 5.41. The molecule has 0 saturated carbocycles. The van der Waals surface area contributed by atoms with Crippen LogP contribution in [-0.2, 0) is 12.1 Å². The third kappa shape index (κ3) is 3.64. The van der Waals surface area contributed by atoms with Gasteiger partial charge in [-0.3, -0.25) is 4.90 Å². The predicted molar refractivity (Wildman–Crippen MR) is 96.9 cm³/mol. The van der Waals surface area contributed by atoms with Gasteiger partial charge in [0.15, 0.2) is 5.60 Å². The smallest absolute Gasteiger partial charge is 0.236 e. The van der Waals surface area contributed by atoms with Gasteiger partial charge in [0.1, 0.15) is 5.76 Å². The van der Waals surface area contributed by atoms with E-state index in [2.05, 4.69) is 4.98 Å². The van der Waals surface area contributed by atoms with Crippen LogP contribution in [0.3, 0.4) is 0 Å². The molecule has 5 heteroatoms. The summed E-state index contributed by atoms with van der Waals surface area (Å²) in [4.78, 5) is 6.43. The third-order valence-electron chi connectivity index (χ3n) is 4.18. The molecule has 25 heavy (non-hydrogen) atoms. The summed E-state index contributed by atoms with van der Waals surface area (Å²) in [6.07, 6.45) is 1.67. The monoisotopic (exact) mass is 337 g/mol. The lowest BCUT2D eigenvalue weighted by Gasteiger charge is -2.26. The SMILES string of the molecule is CN(CCN)Cc1cnc(C(O)(c2ccccc2)c2ccccc2)o1. The molecule has 0 aliphatic carbocycles. The van der Waals surface area contributed by atoms with Crippen molar-refractivity contribution < 1.29 is 9.52 Å². The number of likely N-dealkylation sites (N-methyl/N-ethyl adjacent to an activating group) is 1. The molecule has 3 N–H and O–H groups in total. The van der Waals surface area contributed by atoms with Crippen LogP contribution in [0.5, 0.6) is 0 Å². The minimum Gasteiger partial charge on any atom is -0.441 e. The van der Waals surface area contributed by atoms with Crippen molar-refractivity contribution in [2.24, 2.45) is 5.73 Å². The molecule has 0 amide bonds. The van der Waals surface area contributed by atoms with E-state index >= 15 is 0 Å². The summed E-state index contributed by atoms with van der Waals surface area (Å²) in [6, 6.07) is 18.9. The van der Waals surface area contributed by atoms with E-state index in [-0.39, 0.29) is 5.89 Å². The van der Waals surface area contributed by atoms with Gasteiger partial charge in [0.2, 0.25) is 5.89 Å². The molecule has 0 fully saturated rings. The fraction of sp³-hybridized carbons (Fsp3) is 0.250. The van der Waals surface area contributed by atoms with Crippen molar-refractivity contribution >= 4 is 0 Å². The second-order valence-electron chi connectivity index (χ2n) is 6.10. The number of oxazole rings is 1. The molecule has 5 nitrogen and oxygen atoms in total. The van der Waals surface area contributed by atoms with Gasteiger partial charge >= 0.3 is 0 Å². The second kappa shape index (κ2) is 7.61. The van der Waals surface area contributed by atoms with Gasteiger partial charge in [-0.05, 0) is 18.2 Å². The molecule has 0 saturated heterocycles. The Labute approximate surface area is 147 Å². The molecule has 0 aliphatic heterocycles. The van der Waals surface area contributed by atoms with Crippen LogP contribution in [0.4, 0.5) is 0 Å². The molecule has 3 rings (SSSR count). The highest BCUT2D eigenvalue weighted by Gasteiger charge is 2.38. The van der Waals surface area contributed by atoms with Gasteiger partial charge in [-0.25, -0.2) is 4.98 Å². The molecule has 130 valence electrons. The summed E-state index contributed by atoms with van der Waals surface area (Å²) < 4.78 is 5.93. The largest absolute Gasteiger partial charge is 0.441 e. The van der Waals surface area contributed by atoms with Gasteiger partial charge in [0.05, 0.1) is 12.7 Å². The van der Waals surface area contributed by atoms with Crippen LogP contribution in [0.25, 0.3) is 0 Å². The van der Waals surface area contributed by atoms with E-state index in [4.69, 9.17) is 10.2 Å². The number of hydrogen-bond acceptors (Lipinski definition) is 5. The maximum atomic E-state index is 11.6. The highest BCUT2D eigenvalue weighted by atomic mass is 16.4. The Morgan fingerprint density at radius 2 is 1.60 bits per heavy atom. The molecule has 0 aliphatic rings. The third-order valence-corrected chi connectivity index (χ3v) is 4.18. The Bertz CT molecular complexity index is 747. The predicted octanol–water partition coefficient (Wildman–Crippen LogP) is 2.35. The van der Waals surface area contributed by atoms with E-state index in [1.165, 1.54) is 0 Å². The number of nitrogens with zero attached hydrogens (tertiary/aromatic N) is 2. The Morgan fingerprint density at radius 1 is 1.04 bits per heavy atom. The lowest BCUT2D eigenvalue weighted by atomic mass is 9.86. The van der Waals surface area contributed by atoms with E-state index in [9.17, 15) is 5.11 Å². The molecule has 1 heterocycles. The summed E-state index contributed by atoms with van der Waals surface area (Å²) in [5.74, 6) is 0.956. The van der Waals surface area contributed by atoms with Crippen molar-refractivity contribution in [3.8, 4) is 0 Å². The highest BCUT2D eigenvalue weighted by Crippen LogP contribution is 2.36. The maximum Gasteiger partial charge on any atom is 0.236 e. The average Bonchev–Trinajstić information content (AvgIpc) is 3.11. The molecule has 0 unspecified atom stereocenters. The molecule has 3 aromatic rings. The Kier molecular flexibility index (Phi) is 5.28. The fourth-order valence-electron chi connectivity index (χ4n) is 2.89. The van der Waals surface area contributed by atoms with Gasteiger partial charge in [0.25, 0.3) is 0 Å². The van der Waals surface area contributed by atoms with Crippen molar-refractivity contribution in [2.75, 3.05) is 20.1 Å². The summed E-state index contributed by atoms with van der Waals surface area (Å²) in [5.41, 5.74) is 5.57. The number of benzene rings is 2. The van der Waals surface area contributed by atoms with Crippen molar-refractivity contribution in [1.29, 1.82) is 0 Å². The summed E-state index contributed by atoms with van der Waals surface area (Å²) in [6.45, 7) is 1.93. The van der Waals surface area contributed by atoms with E-state index in [0.717, 1.165) is 6.54 Å². The maximum absolute atomic E-state index is 11.6. The first-order valence-electron chi connectivity index (χ1n) is 8.32. The number of aliphatic hydroxyl groups is 1. The molecular formula is C20H23N3O2. The Morgan fingerprint density at radius 3 is 2.12 bits per heavy atom. The van der Waals surface area contributed by atoms with Crippen molar-refractivity contribution in [2.45, 2.75) is 12.1 Å². The average molecular weight is 337 g/mol. The topological polar surface area (TPSA) is 75.5 Å². The molecule has 1 aromatic heterocycles. The van der Waals surface area contributed by atoms with Gasteiger partial charge in [0, 0.05) is 13.1 Å². The van der Waals surface area contributed by atoms with Crippen LogP contribution in [0.1, 0.15) is 22.8 Å². The second-order valence-corrected chi connectivity index (χ2v) is 6.10. The standard InChI is InChI=1S/C20H23N3O2/c1-23(13-12-21)15-18-14-22-19(25-18)20(24,16-8-4-2-5-9-16)17-10-6-3-7-11-17/h2-11,14,24H,12-13,15,21H2,1H3. The lowest BCUT2D eigenvalue weighted by molar-refractivity contribution is 0.0900. The van der Waals surface area contributed by atoms with Gasteiger partial charge < -0.3 is 15.3 Å². The van der Waals surface area contributed by atoms with E-state index in [1.807, 2.05) is 72.6 Å². The van der Waals surface area contributed by atoms with E-state index in [0.29, 0.717) is 30.0 Å². The molecule has 0 bridgehead atoms. The zero-order valence-electron chi connectivity index (χ0n) is 14.3. The zero-order valence-corrected chi connectivity index (χ0v) is 14.3. The van der Waals surface area contributed by atoms with Crippen molar-refractivity contribution in [1.82, 2.24) is 9.88 Å². The molecule has 0 radical (unpaired) electrons. The van der Waals surface area contributed by atoms with Gasteiger partial charge in [-0.15, -0.1) is 0 Å². The zero-order chi connectivity index (χ0) is 17.7. The molecule has 2 aromatic carbocycles. The van der Waals surface area contributed by atoms with Crippen LogP contribution >= 0.6 is 0 Å². The van der Waals surface area contributed by atoms with Crippen LogP contribution in [0.15, 0.2) is 71.3 Å². The molecule has 0 spiro atoms. The fourth-order valence-corrected chi connectivity index (χ4v) is 2.89. The summed E-state index contributed by atoms with van der Waals surface area (Å²) in [5, 5.41) is 11.6. The summed E-state index contributed by atoms with van der Waals surface area (Å²) >= 11 is 0. The first kappa shape index (κ1) is 17.4. The minimum absolute atomic E-state index is 0.265. The number of aromatic nitrogens is 1. The van der Waals surface area contributed by atoms with Crippen molar-refractivity contribution in [3.05, 3.63) is 89.6 Å². The van der Waals surface area contributed by atoms with Crippen LogP contribution in [0, 0.1) is 0 Å². The minimum atomic E-state index is -1.44. The Hall–Kier alpha value is -2.47. The van der Waals surface area contributed by atoms with Crippen molar-refractivity contribution in [3.63, 3.8) is 0 Å². The summed E-state index contributed by atoms with van der Waals surface area (Å²) in [7, 11) is 1.97. The van der Waals surface area contributed by atoms with E-state index in [1.54, 1.807) is 6.20 Å². The molecule has 0 atom stereocenters. The van der Waals surface area contributed by atoms with Gasteiger partial charge in [-0.2, -0.15) is 0 Å². The van der Waals surface area contributed by atoms with E-state index < -0.39 is 5.60 Å². The lowest BCUT2D eigenvalue weighted by Crippen LogP contribution is -2.29. The number of rotatable bonds is 7. The van der Waals surface area contributed by atoms with Crippen LogP contribution in [0.2, 0.25) is 0 Å². The Balaban J connectivity index is 2.01. The normalized spacial score (nSPS) is 11.8. The van der Waals surface area contributed by atoms with Gasteiger partial charge in [-0.1, -0.05) is 60.7 Å². The van der Waals surface area contributed by atoms with Crippen LogP contribution in [-0.4, -0.2) is 35.1 Å². The number of nitrogens with two attached hydrogens (primary N) is 1. The quantitative estimate of drug-likeness (QED) is 0.692. The first-order chi connectivity index (χ1) is 12.1. The van der Waals surface area contributed by atoms with Crippen LogP contribution < -0.4 is 5.73 Å². The number of hydrogen-bond donors (Lipinski definition) is 2.